The number of hydrogen-bond donors (Lipinski definition) is 1. The van der Waals surface area contributed by atoms with E-state index < -0.39 is 0 Å². The molecule has 1 atom stereocenters. The highest BCUT2D eigenvalue weighted by molar-refractivity contribution is 6.14. The SMILES string of the molecule is c1ccc(C2=NC(c3ccc4oc5cccc(-c6ccccc6)c5c4c3)NC(c3ccccc3)=N2)cc1. The van der Waals surface area contributed by atoms with Crippen LogP contribution in [0.25, 0.3) is 33.1 Å². The summed E-state index contributed by atoms with van der Waals surface area (Å²) in [6.45, 7) is 0. The Morgan fingerprint density at radius 2 is 1.27 bits per heavy atom. The van der Waals surface area contributed by atoms with Crippen LogP contribution < -0.4 is 5.32 Å². The molecule has 1 aliphatic heterocycles. The van der Waals surface area contributed by atoms with Gasteiger partial charge in [-0.25, -0.2) is 9.98 Å². The molecule has 4 nitrogen and oxygen atoms in total. The van der Waals surface area contributed by atoms with E-state index in [0.717, 1.165) is 50.0 Å². The Balaban J connectivity index is 1.38. The summed E-state index contributed by atoms with van der Waals surface area (Å²) in [5, 5.41) is 5.76. The van der Waals surface area contributed by atoms with Gasteiger partial charge in [0.25, 0.3) is 0 Å². The summed E-state index contributed by atoms with van der Waals surface area (Å²) >= 11 is 0. The fourth-order valence-electron chi connectivity index (χ4n) is 4.95. The quantitative estimate of drug-likeness (QED) is 0.282. The smallest absolute Gasteiger partial charge is 0.159 e. The summed E-state index contributed by atoms with van der Waals surface area (Å²) in [6.07, 6.45) is -0.291. The second kappa shape index (κ2) is 8.92. The van der Waals surface area contributed by atoms with E-state index in [4.69, 9.17) is 14.4 Å². The number of benzene rings is 5. The van der Waals surface area contributed by atoms with Gasteiger partial charge >= 0.3 is 0 Å². The van der Waals surface area contributed by atoms with Crippen molar-refractivity contribution in [2.75, 3.05) is 0 Å². The Kier molecular flexibility index (Phi) is 5.14. The topological polar surface area (TPSA) is 49.9 Å². The second-order valence-corrected chi connectivity index (χ2v) is 9.09. The molecule has 6 aromatic rings. The largest absolute Gasteiger partial charge is 0.456 e. The van der Waals surface area contributed by atoms with Gasteiger partial charge in [0, 0.05) is 21.9 Å². The normalized spacial score (nSPS) is 15.3. The second-order valence-electron chi connectivity index (χ2n) is 9.09. The predicted molar refractivity (Wildman–Crippen MR) is 151 cm³/mol. The third-order valence-electron chi connectivity index (χ3n) is 6.74. The fraction of sp³-hybridized carbons (Fsp3) is 0.0303. The first-order chi connectivity index (χ1) is 18.3. The first-order valence-electron chi connectivity index (χ1n) is 12.4. The number of nitrogens with one attached hydrogen (secondary N) is 1. The molecule has 1 aliphatic rings. The average Bonchev–Trinajstić information content (AvgIpc) is 3.36. The van der Waals surface area contributed by atoms with Crippen LogP contribution in [0.5, 0.6) is 0 Å². The molecule has 1 aromatic heterocycles. The monoisotopic (exact) mass is 477 g/mol. The molecule has 0 saturated heterocycles. The van der Waals surface area contributed by atoms with Gasteiger partial charge in [0.15, 0.2) is 5.84 Å². The van der Waals surface area contributed by atoms with Gasteiger partial charge in [-0.1, -0.05) is 109 Å². The maximum atomic E-state index is 6.26. The Morgan fingerprint density at radius 3 is 2.00 bits per heavy atom. The average molecular weight is 478 g/mol. The van der Waals surface area contributed by atoms with Crippen molar-refractivity contribution >= 4 is 33.6 Å². The minimum absolute atomic E-state index is 0.291. The number of nitrogens with zero attached hydrogens (tertiary/aromatic N) is 2. The van der Waals surface area contributed by atoms with Crippen LogP contribution in [-0.2, 0) is 0 Å². The van der Waals surface area contributed by atoms with Crippen LogP contribution in [0.15, 0.2) is 142 Å². The molecule has 176 valence electrons. The number of furan rings is 1. The number of amidine groups is 2. The summed E-state index contributed by atoms with van der Waals surface area (Å²) in [5.74, 6) is 1.52. The van der Waals surface area contributed by atoms with E-state index in [1.807, 2.05) is 66.7 Å². The van der Waals surface area contributed by atoms with Crippen molar-refractivity contribution in [1.82, 2.24) is 5.32 Å². The van der Waals surface area contributed by atoms with Gasteiger partial charge in [-0.3, -0.25) is 0 Å². The molecular weight excluding hydrogens is 454 g/mol. The summed E-state index contributed by atoms with van der Waals surface area (Å²) in [5.41, 5.74) is 7.13. The van der Waals surface area contributed by atoms with E-state index >= 15 is 0 Å². The van der Waals surface area contributed by atoms with Gasteiger partial charge in [0.1, 0.15) is 23.2 Å². The minimum Gasteiger partial charge on any atom is -0.456 e. The van der Waals surface area contributed by atoms with E-state index in [2.05, 4.69) is 66.0 Å². The van der Waals surface area contributed by atoms with Crippen molar-refractivity contribution in [3.8, 4) is 11.1 Å². The Hall–Kier alpha value is -4.96. The maximum absolute atomic E-state index is 6.26. The van der Waals surface area contributed by atoms with Gasteiger partial charge in [-0.15, -0.1) is 0 Å². The predicted octanol–water partition coefficient (Wildman–Crippen LogP) is 7.75. The highest BCUT2D eigenvalue weighted by Gasteiger charge is 2.22. The van der Waals surface area contributed by atoms with Crippen molar-refractivity contribution in [3.63, 3.8) is 0 Å². The van der Waals surface area contributed by atoms with Crippen LogP contribution in [0.1, 0.15) is 22.9 Å². The van der Waals surface area contributed by atoms with E-state index in [1.54, 1.807) is 0 Å². The van der Waals surface area contributed by atoms with Crippen molar-refractivity contribution in [1.29, 1.82) is 0 Å². The van der Waals surface area contributed by atoms with E-state index in [9.17, 15) is 0 Å². The molecule has 0 fully saturated rings. The highest BCUT2D eigenvalue weighted by atomic mass is 16.3. The molecule has 37 heavy (non-hydrogen) atoms. The van der Waals surface area contributed by atoms with Crippen LogP contribution in [0, 0.1) is 0 Å². The highest BCUT2D eigenvalue weighted by Crippen LogP contribution is 2.38. The van der Waals surface area contributed by atoms with Crippen LogP contribution >= 0.6 is 0 Å². The molecule has 0 bridgehead atoms. The van der Waals surface area contributed by atoms with Gasteiger partial charge in [0.2, 0.25) is 0 Å². The van der Waals surface area contributed by atoms with Crippen LogP contribution in [0.2, 0.25) is 0 Å². The molecule has 4 heteroatoms. The van der Waals surface area contributed by atoms with Crippen LogP contribution in [0.3, 0.4) is 0 Å². The number of fused-ring (bicyclic) bond motifs is 3. The summed E-state index contributed by atoms with van der Waals surface area (Å²) < 4.78 is 6.26. The van der Waals surface area contributed by atoms with Gasteiger partial charge < -0.3 is 9.73 Å². The minimum atomic E-state index is -0.291. The zero-order chi connectivity index (χ0) is 24.6. The van der Waals surface area contributed by atoms with E-state index in [-0.39, 0.29) is 6.17 Å². The van der Waals surface area contributed by atoms with Gasteiger partial charge in [0.05, 0.1) is 0 Å². The molecule has 1 N–H and O–H groups in total. The van der Waals surface area contributed by atoms with E-state index in [1.165, 1.54) is 5.56 Å². The lowest BCUT2D eigenvalue weighted by Crippen LogP contribution is -2.33. The first kappa shape index (κ1) is 21.3. The molecule has 0 amide bonds. The summed E-state index contributed by atoms with van der Waals surface area (Å²) in [6, 6.07) is 43.4. The van der Waals surface area contributed by atoms with E-state index in [0.29, 0.717) is 5.84 Å². The number of hydrogen-bond acceptors (Lipinski definition) is 4. The van der Waals surface area contributed by atoms with Crippen molar-refractivity contribution < 1.29 is 4.42 Å². The molecule has 5 aromatic carbocycles. The Bertz CT molecular complexity index is 1790. The lowest BCUT2D eigenvalue weighted by molar-refractivity contribution is 0.663. The molecule has 7 rings (SSSR count). The van der Waals surface area contributed by atoms with Crippen molar-refractivity contribution in [2.45, 2.75) is 6.17 Å². The van der Waals surface area contributed by atoms with Crippen LogP contribution in [-0.4, -0.2) is 11.7 Å². The Labute approximate surface area is 214 Å². The summed E-state index contributed by atoms with van der Waals surface area (Å²) in [4.78, 5) is 9.93. The Morgan fingerprint density at radius 1 is 0.595 bits per heavy atom. The molecule has 0 saturated carbocycles. The third-order valence-corrected chi connectivity index (χ3v) is 6.74. The molecule has 0 spiro atoms. The zero-order valence-corrected chi connectivity index (χ0v) is 20.0. The number of rotatable bonds is 4. The van der Waals surface area contributed by atoms with Gasteiger partial charge in [-0.05, 0) is 34.9 Å². The molecule has 1 unspecified atom stereocenters. The summed E-state index contributed by atoms with van der Waals surface area (Å²) in [7, 11) is 0. The first-order valence-corrected chi connectivity index (χ1v) is 12.4. The third kappa shape index (κ3) is 3.89. The molecular formula is C33H23N3O. The van der Waals surface area contributed by atoms with Crippen molar-refractivity contribution in [2.24, 2.45) is 9.98 Å². The molecule has 0 aliphatic carbocycles. The fourth-order valence-corrected chi connectivity index (χ4v) is 4.95. The molecule has 0 radical (unpaired) electrons. The van der Waals surface area contributed by atoms with Crippen LogP contribution in [0.4, 0.5) is 0 Å². The van der Waals surface area contributed by atoms with Gasteiger partial charge in [-0.2, -0.15) is 0 Å². The lowest BCUT2D eigenvalue weighted by Gasteiger charge is -2.23. The lowest BCUT2D eigenvalue weighted by atomic mass is 9.98. The standard InChI is InChI=1S/C33H23N3O/c1-4-11-22(12-5-1)26-17-10-18-29-30(26)27-21-25(19-20-28(27)37-29)33-35-31(23-13-6-2-7-14-23)34-32(36-33)24-15-8-3-9-16-24/h1-21,33H,(H,34,35,36). The zero-order valence-electron chi connectivity index (χ0n) is 20.0. The molecule has 2 heterocycles. The number of aliphatic imine (C=N–C) groups is 2. The maximum Gasteiger partial charge on any atom is 0.159 e. The van der Waals surface area contributed by atoms with Crippen molar-refractivity contribution in [3.05, 3.63) is 144 Å².